The van der Waals surface area contributed by atoms with Crippen molar-refractivity contribution in [1.82, 2.24) is 9.55 Å². The molecule has 2 aliphatic rings. The Morgan fingerprint density at radius 2 is 1.57 bits per heavy atom. The van der Waals surface area contributed by atoms with Crippen LogP contribution < -0.4 is 11.0 Å². The van der Waals surface area contributed by atoms with Gasteiger partial charge in [-0.15, -0.1) is 0 Å². The Morgan fingerprint density at radius 3 is 2.12 bits per heavy atom. The molecule has 2 aromatic rings. The third-order valence-corrected chi connectivity index (χ3v) is 18.3. The second kappa shape index (κ2) is 12.0. The molecule has 2 fully saturated rings. The van der Waals surface area contributed by atoms with Gasteiger partial charge in [-0.05, 0) is 40.4 Å². The van der Waals surface area contributed by atoms with Crippen LogP contribution in [0, 0.1) is 0 Å². The molecule has 0 bridgehead atoms. The number of nitrogens with one attached hydrogen (secondary N) is 1. The average molecular weight is 590 g/mol. The summed E-state index contributed by atoms with van der Waals surface area (Å²) in [7, 11) is -5.74. The van der Waals surface area contributed by atoms with Gasteiger partial charge in [-0.2, -0.15) is 4.98 Å². The van der Waals surface area contributed by atoms with E-state index in [0.29, 0.717) is 5.56 Å². The number of carbonyl (C=O) groups is 1. The van der Waals surface area contributed by atoms with Crippen molar-refractivity contribution in [2.75, 3.05) is 11.9 Å². The maximum absolute atomic E-state index is 13.1. The normalized spacial score (nSPS) is 26.1. The molecule has 12 heteroatoms. The maximum atomic E-state index is 13.1. The summed E-state index contributed by atoms with van der Waals surface area (Å²) in [6.45, 7) is 17.2. The smallest absolute Gasteiger partial charge is 0.351 e. The Bertz CT molecular complexity index is 1220. The van der Waals surface area contributed by atoms with E-state index >= 15 is 0 Å². The molecule has 1 aromatic heterocycles. The van der Waals surface area contributed by atoms with Gasteiger partial charge < -0.3 is 28.1 Å². The van der Waals surface area contributed by atoms with Gasteiger partial charge in [-0.3, -0.25) is 9.36 Å². The van der Waals surface area contributed by atoms with Crippen molar-refractivity contribution in [3.63, 3.8) is 0 Å². The zero-order valence-electron chi connectivity index (χ0n) is 24.7. The first-order valence-corrected chi connectivity index (χ1v) is 18.1. The molecule has 0 radical (unpaired) electrons. The van der Waals surface area contributed by atoms with Crippen molar-refractivity contribution in [2.45, 2.75) is 102 Å². The molecule has 1 aromatic carbocycles. The Labute approximate surface area is 238 Å². The molecular formula is C28H43N3O7Si2. The lowest BCUT2D eigenvalue weighted by Gasteiger charge is -2.51. The highest BCUT2D eigenvalue weighted by molar-refractivity contribution is 6.84. The van der Waals surface area contributed by atoms with Gasteiger partial charge in [-0.25, -0.2) is 4.79 Å². The summed E-state index contributed by atoms with van der Waals surface area (Å²) >= 11 is 0. The predicted octanol–water partition coefficient (Wildman–Crippen LogP) is 4.71. The summed E-state index contributed by atoms with van der Waals surface area (Å²) in [6, 6.07) is 10.2. The number of amides is 1. The second-order valence-corrected chi connectivity index (χ2v) is 20.8. The minimum absolute atomic E-state index is 0.0855. The van der Waals surface area contributed by atoms with Crippen LogP contribution in [0.4, 0.5) is 5.82 Å². The van der Waals surface area contributed by atoms with Crippen molar-refractivity contribution in [3.8, 4) is 0 Å². The number of hydrogen-bond acceptors (Lipinski definition) is 8. The number of carbonyl (C=O) groups excluding carboxylic acids is 1. The zero-order chi connectivity index (χ0) is 29.4. The minimum Gasteiger partial charge on any atom is -0.414 e. The number of hydrogen-bond donors (Lipinski definition) is 2. The van der Waals surface area contributed by atoms with E-state index in [0.717, 1.165) is 0 Å². The maximum Gasteiger partial charge on any atom is 0.351 e. The van der Waals surface area contributed by atoms with Crippen molar-refractivity contribution in [1.29, 1.82) is 0 Å². The standard InChI is InChI=1S/C28H43N3O7Si2/c1-17(2)39(18(3)4)35-16-22-25(37-40(38-39,19(5)6)20(7)8)24(32)27(36-22)31-15-14-23(30-28(31)34)29-26(33)21-12-10-9-11-13-21/h9-15,17-20,22,24-25,27,32H,16H2,1-8H3,(H,29,30,33,34)/t22-,24?,25+,27-/m1/s1. The monoisotopic (exact) mass is 589 g/mol. The van der Waals surface area contributed by atoms with E-state index in [2.05, 4.69) is 65.7 Å². The van der Waals surface area contributed by atoms with Crippen LogP contribution in [0.5, 0.6) is 0 Å². The number of aromatic nitrogens is 2. The lowest BCUT2D eigenvalue weighted by atomic mass is 10.1. The summed E-state index contributed by atoms with van der Waals surface area (Å²) in [5.41, 5.74) is 0.300. The molecule has 1 amide bonds. The minimum atomic E-state index is -2.97. The highest BCUT2D eigenvalue weighted by Crippen LogP contribution is 2.48. The van der Waals surface area contributed by atoms with E-state index < -0.39 is 47.4 Å². The molecule has 4 atom stereocenters. The van der Waals surface area contributed by atoms with Gasteiger partial charge in [0.25, 0.3) is 5.91 Å². The van der Waals surface area contributed by atoms with Gasteiger partial charge in [0.05, 0.1) is 6.61 Å². The van der Waals surface area contributed by atoms with E-state index in [1.165, 1.54) is 16.8 Å². The van der Waals surface area contributed by atoms with Gasteiger partial charge in [0.2, 0.25) is 0 Å². The second-order valence-electron chi connectivity index (χ2n) is 11.9. The summed E-state index contributed by atoms with van der Waals surface area (Å²) in [5, 5.41) is 14.1. The third kappa shape index (κ3) is 5.63. The number of anilines is 1. The SMILES string of the molecule is CC(C)[Si]1(C(C)C)OC[C@H]2O[C@@H](n3ccc(NC(=O)c4ccccc4)nc3=O)C(O)[C@H]2O[Si](C(C)C)(C(C)C)O1. The van der Waals surface area contributed by atoms with E-state index in [1.54, 1.807) is 24.3 Å². The molecule has 2 aliphatic heterocycles. The van der Waals surface area contributed by atoms with Crippen LogP contribution in [-0.4, -0.2) is 62.6 Å². The molecule has 0 spiro atoms. The van der Waals surface area contributed by atoms with E-state index in [1.807, 2.05) is 6.07 Å². The number of nitrogens with zero attached hydrogens (tertiary/aromatic N) is 2. The fourth-order valence-corrected chi connectivity index (χ4v) is 17.0. The molecule has 10 nitrogen and oxygen atoms in total. The van der Waals surface area contributed by atoms with Crippen LogP contribution in [0.25, 0.3) is 0 Å². The molecule has 3 heterocycles. The zero-order valence-corrected chi connectivity index (χ0v) is 26.7. The van der Waals surface area contributed by atoms with Gasteiger partial charge >= 0.3 is 22.8 Å². The highest BCUT2D eigenvalue weighted by atomic mass is 28.5. The van der Waals surface area contributed by atoms with Crippen LogP contribution in [0.3, 0.4) is 0 Å². The number of ether oxygens (including phenoxy) is 1. The van der Waals surface area contributed by atoms with E-state index in [9.17, 15) is 14.7 Å². The number of benzene rings is 1. The molecule has 4 rings (SSSR count). The fourth-order valence-electron chi connectivity index (χ4n) is 5.82. The Kier molecular flexibility index (Phi) is 9.20. The molecule has 220 valence electrons. The Balaban J connectivity index is 1.64. The summed E-state index contributed by atoms with van der Waals surface area (Å²) < 4.78 is 28.3. The van der Waals surface area contributed by atoms with Crippen molar-refractivity contribution >= 4 is 28.8 Å². The van der Waals surface area contributed by atoms with E-state index in [4.69, 9.17) is 17.7 Å². The van der Waals surface area contributed by atoms with Crippen LogP contribution in [0.2, 0.25) is 22.2 Å². The lowest BCUT2D eigenvalue weighted by Crippen LogP contribution is -2.65. The van der Waals surface area contributed by atoms with Gasteiger partial charge in [0.1, 0.15) is 24.1 Å². The Hall–Kier alpha value is -2.20. The first kappa shape index (κ1) is 30.8. The molecule has 0 saturated carbocycles. The first-order valence-electron chi connectivity index (χ1n) is 14.1. The highest BCUT2D eigenvalue weighted by Gasteiger charge is 2.61. The van der Waals surface area contributed by atoms with Crippen LogP contribution in [0.15, 0.2) is 47.4 Å². The molecule has 0 aliphatic carbocycles. The van der Waals surface area contributed by atoms with Crippen molar-refractivity contribution in [2.24, 2.45) is 0 Å². The first-order chi connectivity index (χ1) is 18.8. The number of aliphatic hydroxyl groups excluding tert-OH is 1. The van der Waals surface area contributed by atoms with Crippen LogP contribution in [0.1, 0.15) is 72.0 Å². The van der Waals surface area contributed by atoms with Crippen molar-refractivity contribution in [3.05, 3.63) is 58.6 Å². The number of fused-ring (bicyclic) bond motifs is 1. The fraction of sp³-hybridized carbons (Fsp3) is 0.607. The topological polar surface area (TPSA) is 121 Å². The molecular weight excluding hydrogens is 546 g/mol. The molecule has 2 N–H and O–H groups in total. The van der Waals surface area contributed by atoms with E-state index in [-0.39, 0.29) is 40.5 Å². The van der Waals surface area contributed by atoms with Gasteiger partial charge in [-0.1, -0.05) is 73.6 Å². The van der Waals surface area contributed by atoms with Gasteiger partial charge in [0.15, 0.2) is 6.23 Å². The predicted molar refractivity (Wildman–Crippen MR) is 157 cm³/mol. The summed E-state index contributed by atoms with van der Waals surface area (Å²) in [6.07, 6.45) is -2.05. The number of rotatable bonds is 7. The number of aliphatic hydroxyl groups is 1. The van der Waals surface area contributed by atoms with Crippen molar-refractivity contribution < 1.29 is 27.6 Å². The van der Waals surface area contributed by atoms with Crippen LogP contribution in [-0.2, 0) is 17.7 Å². The third-order valence-electron chi connectivity index (χ3n) is 8.02. The van der Waals surface area contributed by atoms with Gasteiger partial charge in [0, 0.05) is 11.8 Å². The molecule has 2 saturated heterocycles. The lowest BCUT2D eigenvalue weighted by molar-refractivity contribution is -0.0600. The largest absolute Gasteiger partial charge is 0.414 e. The quantitative estimate of drug-likeness (QED) is 0.446. The Morgan fingerprint density at radius 1 is 0.975 bits per heavy atom. The summed E-state index contributed by atoms with van der Waals surface area (Å²) in [4.78, 5) is 29.6. The summed E-state index contributed by atoms with van der Waals surface area (Å²) in [5.74, 6) is -0.268. The van der Waals surface area contributed by atoms with Crippen LogP contribution >= 0.6 is 0 Å². The molecule has 1 unspecified atom stereocenters. The molecule has 40 heavy (non-hydrogen) atoms. The average Bonchev–Trinajstić information content (AvgIpc) is 3.18.